The number of nitrogens with zero attached hydrogens (tertiary/aromatic N) is 3. The van der Waals surface area contributed by atoms with Gasteiger partial charge in [0.05, 0.1) is 29.4 Å². The first-order chi connectivity index (χ1) is 12.6. The summed E-state index contributed by atoms with van der Waals surface area (Å²) in [5.41, 5.74) is 3.23. The summed E-state index contributed by atoms with van der Waals surface area (Å²) in [7, 11) is 3.62. The van der Waals surface area contributed by atoms with Gasteiger partial charge >= 0.3 is 0 Å². The second-order valence-electron chi connectivity index (χ2n) is 6.04. The molecule has 0 saturated carbocycles. The third-order valence-corrected chi connectivity index (χ3v) is 5.85. The van der Waals surface area contributed by atoms with E-state index in [0.717, 1.165) is 32.9 Å². The highest BCUT2D eigenvalue weighted by atomic mass is 35.5. The van der Waals surface area contributed by atoms with E-state index in [0.29, 0.717) is 5.02 Å². The fourth-order valence-electron chi connectivity index (χ4n) is 3.16. The molecule has 4 rings (SSSR count). The Balaban J connectivity index is 1.94. The van der Waals surface area contributed by atoms with E-state index < -0.39 is 0 Å². The molecule has 0 fully saturated rings. The molecule has 4 nitrogen and oxygen atoms in total. The summed E-state index contributed by atoms with van der Waals surface area (Å²) in [5.74, 6) is 0.869. The number of methoxy groups -OCH3 is 1. The normalized spacial score (nSPS) is 11.2. The molecule has 0 atom stereocenters. The first-order valence-electron chi connectivity index (χ1n) is 8.19. The molecular formula is C20H18ClN3OS. The Morgan fingerprint density at radius 2 is 1.96 bits per heavy atom. The van der Waals surface area contributed by atoms with Crippen LogP contribution in [0.3, 0.4) is 0 Å². The van der Waals surface area contributed by atoms with Crippen LogP contribution >= 0.6 is 23.4 Å². The second kappa shape index (κ2) is 6.74. The molecule has 0 aliphatic heterocycles. The van der Waals surface area contributed by atoms with E-state index in [1.807, 2.05) is 49.8 Å². The zero-order valence-corrected chi connectivity index (χ0v) is 16.3. The van der Waals surface area contributed by atoms with Crippen LogP contribution in [0.4, 0.5) is 0 Å². The standard InChI is InChI=1S/C20H18ClN3OS/c1-13-20(26-19-7-5-4-6-18(19)25-3)16-9-8-14(21)10-17(16)24(13)15-11-22-23(2)12-15/h4-12H,1-3H3. The minimum atomic E-state index is 0.717. The molecule has 26 heavy (non-hydrogen) atoms. The van der Waals surface area contributed by atoms with Gasteiger partial charge in [-0.2, -0.15) is 5.10 Å². The topological polar surface area (TPSA) is 32.0 Å². The zero-order valence-electron chi connectivity index (χ0n) is 14.7. The van der Waals surface area contributed by atoms with Crippen LogP contribution in [0.5, 0.6) is 5.75 Å². The number of hydrogen-bond donors (Lipinski definition) is 0. The van der Waals surface area contributed by atoms with Crippen LogP contribution in [0.2, 0.25) is 5.02 Å². The average Bonchev–Trinajstić information content (AvgIpc) is 3.16. The van der Waals surface area contributed by atoms with E-state index in [2.05, 4.69) is 28.7 Å². The summed E-state index contributed by atoms with van der Waals surface area (Å²) >= 11 is 8.00. The number of aryl methyl sites for hydroxylation is 1. The Kier molecular flexibility index (Phi) is 4.42. The minimum absolute atomic E-state index is 0.717. The Labute approximate surface area is 161 Å². The summed E-state index contributed by atoms with van der Waals surface area (Å²) in [6.07, 6.45) is 3.87. The van der Waals surface area contributed by atoms with Crippen LogP contribution in [0.1, 0.15) is 5.69 Å². The molecule has 132 valence electrons. The fourth-order valence-corrected chi connectivity index (χ4v) is 4.46. The molecule has 0 aliphatic carbocycles. The van der Waals surface area contributed by atoms with Crippen LogP contribution in [0, 0.1) is 6.92 Å². The Morgan fingerprint density at radius 3 is 2.69 bits per heavy atom. The number of fused-ring (bicyclic) bond motifs is 1. The van der Waals surface area contributed by atoms with Crippen molar-refractivity contribution in [2.75, 3.05) is 7.11 Å². The second-order valence-corrected chi connectivity index (χ2v) is 7.53. The van der Waals surface area contributed by atoms with Crippen molar-refractivity contribution in [1.29, 1.82) is 0 Å². The van der Waals surface area contributed by atoms with Crippen LogP contribution in [-0.4, -0.2) is 21.5 Å². The van der Waals surface area contributed by atoms with Crippen molar-refractivity contribution in [3.8, 4) is 11.4 Å². The van der Waals surface area contributed by atoms with Crippen LogP contribution in [0.25, 0.3) is 16.6 Å². The lowest BCUT2D eigenvalue weighted by molar-refractivity contribution is 0.405. The molecule has 6 heteroatoms. The molecule has 0 radical (unpaired) electrons. The van der Waals surface area contributed by atoms with Gasteiger partial charge in [-0.05, 0) is 31.2 Å². The highest BCUT2D eigenvalue weighted by Gasteiger charge is 2.18. The van der Waals surface area contributed by atoms with Crippen LogP contribution in [0.15, 0.2) is 64.6 Å². The number of halogens is 1. The summed E-state index contributed by atoms with van der Waals surface area (Å²) in [5, 5.41) is 6.20. The van der Waals surface area contributed by atoms with E-state index >= 15 is 0 Å². The predicted molar refractivity (Wildman–Crippen MR) is 107 cm³/mol. The van der Waals surface area contributed by atoms with Gasteiger partial charge in [0, 0.05) is 34.2 Å². The summed E-state index contributed by atoms with van der Waals surface area (Å²) in [6, 6.07) is 14.1. The summed E-state index contributed by atoms with van der Waals surface area (Å²) in [4.78, 5) is 2.27. The fraction of sp³-hybridized carbons (Fsp3) is 0.150. The Hall–Kier alpha value is -2.37. The third-order valence-electron chi connectivity index (χ3n) is 4.34. The molecule has 2 aromatic carbocycles. The summed E-state index contributed by atoms with van der Waals surface area (Å²) in [6.45, 7) is 2.12. The van der Waals surface area contributed by atoms with Crippen molar-refractivity contribution in [3.63, 3.8) is 0 Å². The van der Waals surface area contributed by atoms with Gasteiger partial charge in [0.2, 0.25) is 0 Å². The molecule has 2 heterocycles. The largest absolute Gasteiger partial charge is 0.496 e. The van der Waals surface area contributed by atoms with Gasteiger partial charge in [0.15, 0.2) is 0 Å². The smallest absolute Gasteiger partial charge is 0.132 e. The zero-order chi connectivity index (χ0) is 18.3. The number of rotatable bonds is 4. The Bertz CT molecular complexity index is 1100. The number of ether oxygens (including phenoxy) is 1. The van der Waals surface area contributed by atoms with E-state index in [1.165, 1.54) is 4.90 Å². The molecule has 0 N–H and O–H groups in total. The van der Waals surface area contributed by atoms with Crippen molar-refractivity contribution in [3.05, 3.63) is 65.6 Å². The molecule has 0 saturated heterocycles. The number of hydrogen-bond acceptors (Lipinski definition) is 3. The quantitative estimate of drug-likeness (QED) is 0.467. The third kappa shape index (κ3) is 2.87. The number of aromatic nitrogens is 3. The van der Waals surface area contributed by atoms with Crippen molar-refractivity contribution < 1.29 is 4.74 Å². The van der Waals surface area contributed by atoms with Crippen LogP contribution < -0.4 is 4.74 Å². The number of para-hydroxylation sites is 1. The molecule has 4 aromatic rings. The molecule has 2 aromatic heterocycles. The van der Waals surface area contributed by atoms with E-state index in [4.69, 9.17) is 16.3 Å². The van der Waals surface area contributed by atoms with Gasteiger partial charge in [0.1, 0.15) is 5.75 Å². The number of benzene rings is 2. The van der Waals surface area contributed by atoms with E-state index in [9.17, 15) is 0 Å². The maximum atomic E-state index is 6.29. The first kappa shape index (κ1) is 17.1. The molecular weight excluding hydrogens is 366 g/mol. The predicted octanol–water partition coefficient (Wildman–Crippen LogP) is 5.49. The minimum Gasteiger partial charge on any atom is -0.496 e. The van der Waals surface area contributed by atoms with E-state index in [1.54, 1.807) is 23.6 Å². The monoisotopic (exact) mass is 383 g/mol. The lowest BCUT2D eigenvalue weighted by Crippen LogP contribution is -1.95. The van der Waals surface area contributed by atoms with Crippen molar-refractivity contribution in [1.82, 2.24) is 14.3 Å². The molecule has 0 amide bonds. The maximum Gasteiger partial charge on any atom is 0.132 e. The lowest BCUT2D eigenvalue weighted by atomic mass is 10.2. The van der Waals surface area contributed by atoms with Gasteiger partial charge in [-0.3, -0.25) is 4.68 Å². The van der Waals surface area contributed by atoms with Gasteiger partial charge < -0.3 is 9.30 Å². The molecule has 0 bridgehead atoms. The van der Waals surface area contributed by atoms with Gasteiger partial charge in [-0.1, -0.05) is 41.6 Å². The molecule has 0 spiro atoms. The van der Waals surface area contributed by atoms with Crippen LogP contribution in [-0.2, 0) is 7.05 Å². The highest BCUT2D eigenvalue weighted by Crippen LogP contribution is 2.43. The highest BCUT2D eigenvalue weighted by molar-refractivity contribution is 7.99. The van der Waals surface area contributed by atoms with Crippen molar-refractivity contribution >= 4 is 34.3 Å². The molecule has 0 unspecified atom stereocenters. The van der Waals surface area contributed by atoms with Gasteiger partial charge in [-0.25, -0.2) is 0 Å². The molecule has 0 aliphatic rings. The van der Waals surface area contributed by atoms with Crippen molar-refractivity contribution in [2.24, 2.45) is 7.05 Å². The van der Waals surface area contributed by atoms with Gasteiger partial charge in [-0.15, -0.1) is 0 Å². The first-order valence-corrected chi connectivity index (χ1v) is 9.38. The van der Waals surface area contributed by atoms with Gasteiger partial charge in [0.25, 0.3) is 0 Å². The SMILES string of the molecule is COc1ccccc1Sc1c(C)n(-c2cnn(C)c2)c2cc(Cl)ccc12. The average molecular weight is 384 g/mol. The lowest BCUT2D eigenvalue weighted by Gasteiger charge is -2.08. The van der Waals surface area contributed by atoms with Crippen molar-refractivity contribution in [2.45, 2.75) is 16.7 Å². The Morgan fingerprint density at radius 1 is 1.15 bits per heavy atom. The maximum absolute atomic E-state index is 6.29. The van der Waals surface area contributed by atoms with E-state index in [-0.39, 0.29) is 0 Å². The summed E-state index contributed by atoms with van der Waals surface area (Å²) < 4.78 is 9.53.